The first-order valence-electron chi connectivity index (χ1n) is 17.1. The number of hydrogen-bond donors (Lipinski definition) is 9. The number of carbonyl (C=O) groups is 3. The van der Waals surface area contributed by atoms with Crippen LogP contribution in [-0.2, 0) is 0 Å². The van der Waals surface area contributed by atoms with E-state index in [9.17, 15) is 14.4 Å². The van der Waals surface area contributed by atoms with Gasteiger partial charge in [-0.15, -0.1) is 0 Å². The third-order valence-electron chi connectivity index (χ3n) is 8.89. The molecule has 3 saturated heterocycles. The summed E-state index contributed by atoms with van der Waals surface area (Å²) in [6.07, 6.45) is 4.39. The molecule has 0 atom stereocenters. The van der Waals surface area contributed by atoms with Crippen LogP contribution >= 0.6 is 0 Å². The number of nitrogens with zero attached hydrogens (tertiary/aromatic N) is 3. The first-order chi connectivity index (χ1) is 21.8. The third kappa shape index (κ3) is 11.4. The van der Waals surface area contributed by atoms with Gasteiger partial charge in [-0.05, 0) is 122 Å². The van der Waals surface area contributed by atoms with Gasteiger partial charge in [0.1, 0.15) is 0 Å². The van der Waals surface area contributed by atoms with Gasteiger partial charge in [0, 0.05) is 51.4 Å². The van der Waals surface area contributed by atoms with Gasteiger partial charge in [0.15, 0.2) is 0 Å². The van der Waals surface area contributed by atoms with Crippen molar-refractivity contribution >= 4 is 35.9 Å². The molecule has 0 radical (unpaired) electrons. The Hall–Kier alpha value is -3.30. The highest BCUT2D eigenvalue weighted by molar-refractivity contribution is 5.91. The molecule has 9 N–H and O–H groups in total. The number of piperidine rings is 3. The van der Waals surface area contributed by atoms with E-state index in [4.69, 9.17) is 0 Å². The smallest absolute Gasteiger partial charge is 0.321 e. The second-order valence-corrected chi connectivity index (χ2v) is 18.1. The van der Waals surface area contributed by atoms with Crippen LogP contribution in [-0.4, -0.2) is 84.4 Å². The van der Waals surface area contributed by atoms with Gasteiger partial charge in [-0.25, -0.2) is 14.4 Å². The van der Waals surface area contributed by atoms with Crippen molar-refractivity contribution in [2.75, 3.05) is 16.0 Å². The molecular formula is C33H60N12O3. The van der Waals surface area contributed by atoms with E-state index in [1.807, 2.05) is 0 Å². The van der Waals surface area contributed by atoms with E-state index in [1.54, 1.807) is 0 Å². The summed E-state index contributed by atoms with van der Waals surface area (Å²) in [6.45, 7) is 25.3. The number of amides is 6. The molecule has 15 nitrogen and oxygen atoms in total. The molecule has 0 aliphatic carbocycles. The third-order valence-corrected chi connectivity index (χ3v) is 8.89. The molecule has 3 aliphatic rings. The number of rotatable bonds is 6. The summed E-state index contributed by atoms with van der Waals surface area (Å²) in [6, 6.07) is -1.78. The van der Waals surface area contributed by atoms with Gasteiger partial charge < -0.3 is 31.9 Å². The molecule has 1 aromatic heterocycles. The van der Waals surface area contributed by atoms with Crippen molar-refractivity contribution in [3.8, 4) is 0 Å². The Kier molecular flexibility index (Phi) is 10.3. The summed E-state index contributed by atoms with van der Waals surface area (Å²) < 4.78 is 0. The fourth-order valence-electron chi connectivity index (χ4n) is 8.79. The number of nitrogens with one attached hydrogen (secondary N) is 9. The van der Waals surface area contributed by atoms with Crippen LogP contribution in [0, 0.1) is 0 Å². The van der Waals surface area contributed by atoms with E-state index >= 15 is 0 Å². The zero-order valence-corrected chi connectivity index (χ0v) is 31.0. The molecule has 0 spiro atoms. The van der Waals surface area contributed by atoms with E-state index in [-0.39, 0.29) is 69.2 Å². The van der Waals surface area contributed by atoms with E-state index in [2.05, 4.69) is 146 Å². The van der Waals surface area contributed by atoms with E-state index in [0.717, 1.165) is 38.5 Å². The van der Waals surface area contributed by atoms with Crippen molar-refractivity contribution in [2.24, 2.45) is 0 Å². The lowest BCUT2D eigenvalue weighted by Crippen LogP contribution is -2.62. The van der Waals surface area contributed by atoms with Crippen molar-refractivity contribution in [3.05, 3.63) is 0 Å². The predicted molar refractivity (Wildman–Crippen MR) is 189 cm³/mol. The van der Waals surface area contributed by atoms with Gasteiger partial charge in [-0.1, -0.05) is 0 Å². The molecule has 3 aliphatic heterocycles. The standard InChI is InChI=1S/C33H60N12O3/c1-28(2)13-19(14-29(3,4)43-28)34-25(46)40-22-37-23(41-26(47)35-20-15-30(5,6)44-31(7,8)16-20)39-24(38-22)42-27(48)36-21-17-32(9,10)45-33(11,12)18-21/h19-21,43-45H,13-18H2,1-12H3,(H6,34,35,36,37,38,39,40,41,42,46,47,48). The first kappa shape index (κ1) is 37.5. The molecular weight excluding hydrogens is 612 g/mol. The molecule has 270 valence electrons. The fourth-order valence-corrected chi connectivity index (χ4v) is 8.79. The Labute approximate surface area is 285 Å². The zero-order chi connectivity index (χ0) is 35.9. The molecule has 0 bridgehead atoms. The van der Waals surface area contributed by atoms with Crippen LogP contribution in [0.3, 0.4) is 0 Å². The molecule has 1 aromatic rings. The summed E-state index contributed by atoms with van der Waals surface area (Å²) in [5.41, 5.74) is -1.00. The number of aromatic nitrogens is 3. The first-order valence-corrected chi connectivity index (χ1v) is 17.1. The van der Waals surface area contributed by atoms with Gasteiger partial charge >= 0.3 is 18.1 Å². The lowest BCUT2D eigenvalue weighted by Gasteiger charge is -2.46. The van der Waals surface area contributed by atoms with Crippen LogP contribution in [0.4, 0.5) is 32.2 Å². The summed E-state index contributed by atoms with van der Waals surface area (Å²) in [7, 11) is 0. The van der Waals surface area contributed by atoms with Gasteiger partial charge in [-0.3, -0.25) is 16.0 Å². The Bertz CT molecular complexity index is 1150. The molecule has 6 amide bonds. The number of urea groups is 3. The zero-order valence-electron chi connectivity index (χ0n) is 31.0. The van der Waals surface area contributed by atoms with E-state index < -0.39 is 18.1 Å². The highest BCUT2D eigenvalue weighted by Gasteiger charge is 2.40. The predicted octanol–water partition coefficient (Wildman–Crippen LogP) is 4.16. The quantitative estimate of drug-likeness (QED) is 0.213. The van der Waals surface area contributed by atoms with Crippen molar-refractivity contribution < 1.29 is 14.4 Å². The summed E-state index contributed by atoms with van der Waals surface area (Å²) in [5, 5.41) is 28.0. The van der Waals surface area contributed by atoms with Gasteiger partial charge in [0.05, 0.1) is 0 Å². The maximum Gasteiger partial charge on any atom is 0.321 e. The van der Waals surface area contributed by atoms with Gasteiger partial charge in [0.25, 0.3) is 0 Å². The minimum Gasteiger partial charge on any atom is -0.335 e. The average Bonchev–Trinajstić information content (AvgIpc) is 2.76. The van der Waals surface area contributed by atoms with E-state index in [0.29, 0.717) is 0 Å². The fraction of sp³-hybridized carbons (Fsp3) is 0.818. The average molecular weight is 673 g/mol. The van der Waals surface area contributed by atoms with Crippen molar-refractivity contribution in [3.63, 3.8) is 0 Å². The van der Waals surface area contributed by atoms with Crippen LogP contribution in [0.2, 0.25) is 0 Å². The minimum absolute atomic E-state index is 0.0956. The van der Waals surface area contributed by atoms with Crippen molar-refractivity contribution in [1.82, 2.24) is 46.9 Å². The molecule has 15 heteroatoms. The summed E-state index contributed by atoms with van der Waals surface area (Å²) in [4.78, 5) is 52.5. The summed E-state index contributed by atoms with van der Waals surface area (Å²) in [5.74, 6) is -0.350. The lowest BCUT2D eigenvalue weighted by atomic mass is 9.79. The molecule has 48 heavy (non-hydrogen) atoms. The van der Waals surface area contributed by atoms with Crippen molar-refractivity contribution in [2.45, 2.75) is 173 Å². The maximum absolute atomic E-state index is 13.2. The Morgan fingerprint density at radius 1 is 0.438 bits per heavy atom. The monoisotopic (exact) mass is 672 g/mol. The highest BCUT2D eigenvalue weighted by atomic mass is 16.2. The van der Waals surface area contributed by atoms with Crippen LogP contribution < -0.4 is 47.9 Å². The molecule has 0 aromatic carbocycles. The number of carbonyl (C=O) groups excluding carboxylic acids is 3. The molecule has 4 rings (SSSR count). The molecule has 0 unspecified atom stereocenters. The lowest BCUT2D eigenvalue weighted by molar-refractivity contribution is 0.148. The second kappa shape index (κ2) is 13.2. The number of hydrogen-bond acceptors (Lipinski definition) is 9. The van der Waals surface area contributed by atoms with Gasteiger partial charge in [-0.2, -0.15) is 15.0 Å². The molecule has 0 saturated carbocycles. The normalized spacial score (nSPS) is 24.5. The van der Waals surface area contributed by atoms with Crippen LogP contribution in [0.5, 0.6) is 0 Å². The minimum atomic E-state index is -0.496. The maximum atomic E-state index is 13.2. The van der Waals surface area contributed by atoms with Crippen LogP contribution in [0.25, 0.3) is 0 Å². The van der Waals surface area contributed by atoms with Crippen molar-refractivity contribution in [1.29, 1.82) is 0 Å². The topological polar surface area (TPSA) is 198 Å². The molecule has 4 heterocycles. The van der Waals surface area contributed by atoms with Crippen LogP contribution in [0.1, 0.15) is 122 Å². The van der Waals surface area contributed by atoms with Crippen LogP contribution in [0.15, 0.2) is 0 Å². The highest BCUT2D eigenvalue weighted by Crippen LogP contribution is 2.31. The largest absolute Gasteiger partial charge is 0.335 e. The SMILES string of the molecule is CC1(C)CC(NC(=O)Nc2nc(NC(=O)NC3CC(C)(C)NC(C)(C)C3)nc(NC(=O)NC3CC(C)(C)NC(C)(C)C3)n2)CC(C)(C)N1. The van der Waals surface area contributed by atoms with E-state index in [1.165, 1.54) is 0 Å². The Balaban J connectivity index is 1.49. The molecule has 3 fully saturated rings. The Morgan fingerprint density at radius 2 is 0.625 bits per heavy atom. The van der Waals surface area contributed by atoms with Gasteiger partial charge in [0.2, 0.25) is 17.8 Å². The number of anilines is 3. The second-order valence-electron chi connectivity index (χ2n) is 18.1. The summed E-state index contributed by atoms with van der Waals surface area (Å²) >= 11 is 0. The Morgan fingerprint density at radius 3 is 0.812 bits per heavy atom.